The molecule has 26 nitrogen and oxygen atoms in total. The first-order chi connectivity index (χ1) is 61.3. The summed E-state index contributed by atoms with van der Waals surface area (Å²) >= 11 is 11.3. The zero-order valence-electron chi connectivity index (χ0n) is 74.1. The van der Waals surface area contributed by atoms with Crippen LogP contribution in [0, 0.1) is 0 Å². The number of Topliss-reactive ketones (excluding diaryl/α,β-unsaturated/α-hetero) is 4. The Hall–Kier alpha value is -7.32. The molecule has 28 heteroatoms. The van der Waals surface area contributed by atoms with E-state index >= 15 is 0 Å². The van der Waals surface area contributed by atoms with Gasteiger partial charge < -0.3 is 67.5 Å². The number of amides is 4. The Kier molecular flexibility index (Phi) is 68.5. The van der Waals surface area contributed by atoms with Crippen LogP contribution in [0.1, 0.15) is 206 Å². The highest BCUT2D eigenvalue weighted by Crippen LogP contribution is 2.40. The van der Waals surface area contributed by atoms with E-state index < -0.39 is 5.60 Å². The quantitative estimate of drug-likeness (QED) is 0.00794. The molecule has 0 spiro atoms. The predicted molar refractivity (Wildman–Crippen MR) is 483 cm³/mol. The van der Waals surface area contributed by atoms with Crippen LogP contribution in [-0.4, -0.2) is 235 Å². The van der Waals surface area contributed by atoms with Crippen molar-refractivity contribution < 1.29 is 105 Å². The number of unbranched alkanes of at least 4 members (excludes halogenated alkanes) is 12. The van der Waals surface area contributed by atoms with Crippen LogP contribution in [0.4, 0.5) is 0 Å². The van der Waals surface area contributed by atoms with Crippen molar-refractivity contribution in [2.24, 2.45) is 0 Å². The standard InChI is InChI=1S/C58H79ClN2O11.C39H65ClN2O11/c59-34-16-3-4-17-36-66-38-40-68-42-44-70-46-47-71-45-43-69-41-39-67-37-35-60-56(64)33-32-54(62)31-30-49-26-28-50(29-27-49)48-55(63)24-14-1-2-15-25-57(65)61-72-58(51-18-8-5-9-19-51,52-20-10-6-11-21-52)53-22-12-7-13-23-53;40-19-7-3-4-8-21-48-23-25-50-27-29-52-31-32-53-30-28-51-26-24-49-22-20-41-38(45)18-17-36(43)16-15-34-11-13-35(14-12-34)33-37(44)9-5-1-2-6-10-39(46)42-47/h5-13,18-23,26-29H,1-4,14-17,24-25,30-48H2,(H,60,64)(H,61,65);11-14,47H,1-10,15-33H2,(H,41,45)(H,42,46). The third-order valence-corrected chi connectivity index (χ3v) is 20.4. The highest BCUT2D eigenvalue weighted by atomic mass is 35.5. The van der Waals surface area contributed by atoms with Gasteiger partial charge in [0.05, 0.1) is 145 Å². The van der Waals surface area contributed by atoms with Gasteiger partial charge in [0, 0.05) is 115 Å². The largest absolute Gasteiger partial charge is 0.379 e. The number of hydrogen-bond donors (Lipinski definition) is 5. The van der Waals surface area contributed by atoms with Crippen molar-refractivity contribution >= 4 is 70.0 Å². The van der Waals surface area contributed by atoms with Gasteiger partial charge in [-0.15, -0.1) is 23.2 Å². The van der Waals surface area contributed by atoms with Crippen molar-refractivity contribution in [2.75, 3.05) is 183 Å². The van der Waals surface area contributed by atoms with Gasteiger partial charge >= 0.3 is 0 Å². The molecule has 5 rings (SSSR count). The number of hydrogen-bond acceptors (Lipinski definition) is 22. The maximum Gasteiger partial charge on any atom is 0.243 e. The second kappa shape index (κ2) is 77.8. The Morgan fingerprint density at radius 2 is 0.528 bits per heavy atom. The molecule has 0 saturated heterocycles. The van der Waals surface area contributed by atoms with E-state index in [1.54, 1.807) is 5.48 Å². The summed E-state index contributed by atoms with van der Waals surface area (Å²) in [6.45, 7) is 12.8. The van der Waals surface area contributed by atoms with Crippen molar-refractivity contribution in [3.8, 4) is 0 Å². The lowest BCUT2D eigenvalue weighted by Gasteiger charge is -2.35. The fourth-order valence-corrected chi connectivity index (χ4v) is 13.2. The van der Waals surface area contributed by atoms with Gasteiger partial charge in [0.2, 0.25) is 23.6 Å². The summed E-state index contributed by atoms with van der Waals surface area (Å²) in [4.78, 5) is 105. The monoisotopic (exact) mass is 1790 g/mol. The molecule has 0 heterocycles. The van der Waals surface area contributed by atoms with Gasteiger partial charge in [-0.2, -0.15) is 0 Å². The number of benzene rings is 5. The molecule has 0 fully saturated rings. The molecule has 125 heavy (non-hydrogen) atoms. The molecule has 0 aliphatic heterocycles. The zero-order chi connectivity index (χ0) is 89.5. The molecule has 4 amide bonds. The Labute approximate surface area is 752 Å². The lowest BCUT2D eigenvalue weighted by Crippen LogP contribution is -2.40. The first kappa shape index (κ1) is 110. The fraction of sp³-hybridized carbons (Fsp3) is 0.608. The molecule has 5 N–H and O–H groups in total. The Morgan fingerprint density at radius 3 is 0.840 bits per heavy atom. The Morgan fingerprint density at radius 1 is 0.256 bits per heavy atom. The summed E-state index contributed by atoms with van der Waals surface area (Å²) in [6.07, 6.45) is 20.0. The molecule has 0 unspecified atom stereocenters. The lowest BCUT2D eigenvalue weighted by atomic mass is 9.80. The molecule has 0 aromatic heterocycles. The van der Waals surface area contributed by atoms with Crippen LogP contribution in [-0.2, 0) is 131 Å². The van der Waals surface area contributed by atoms with Crippen LogP contribution < -0.4 is 21.6 Å². The van der Waals surface area contributed by atoms with E-state index in [9.17, 15) is 38.4 Å². The number of ether oxygens (including phenoxy) is 12. The van der Waals surface area contributed by atoms with Crippen molar-refractivity contribution in [1.29, 1.82) is 0 Å². The van der Waals surface area contributed by atoms with Gasteiger partial charge in [-0.05, 0) is 103 Å². The van der Waals surface area contributed by atoms with Crippen molar-refractivity contribution in [2.45, 2.75) is 198 Å². The molecule has 5 aromatic rings. The average molecular weight is 1790 g/mol. The Balaban J connectivity index is 0.000000551. The van der Waals surface area contributed by atoms with E-state index in [4.69, 9.17) is 90.1 Å². The summed E-state index contributed by atoms with van der Waals surface area (Å²) in [5.74, 6) is 0.921. The highest BCUT2D eigenvalue weighted by Gasteiger charge is 2.39. The molecule has 0 bridgehead atoms. The summed E-state index contributed by atoms with van der Waals surface area (Å²) in [7, 11) is 0. The summed E-state index contributed by atoms with van der Waals surface area (Å²) in [5.41, 5.74) is 9.96. The second-order valence-corrected chi connectivity index (χ2v) is 30.9. The van der Waals surface area contributed by atoms with E-state index in [2.05, 4.69) is 16.1 Å². The number of hydroxylamine groups is 2. The number of alkyl halides is 2. The van der Waals surface area contributed by atoms with Crippen LogP contribution in [0.25, 0.3) is 0 Å². The molecule has 698 valence electrons. The van der Waals surface area contributed by atoms with Gasteiger partial charge in [-0.25, -0.2) is 11.0 Å². The molecule has 0 radical (unpaired) electrons. The molecule has 0 aliphatic rings. The SMILES string of the molecule is O=C(CCC(=O)NCCOCCOCCOCCOCCOCCOCCCCCCCl)CCc1ccc(CC(=O)CCCCCCC(=O)NO)cc1.O=C(CCC(=O)NCCOCCOCCOCCOCCOCCOCCCCCCCl)CCc1ccc(CC(=O)CCCCCCC(=O)NOC(c2ccccc2)(c2ccccc2)c2ccccc2)cc1. The van der Waals surface area contributed by atoms with Gasteiger partial charge in [-0.3, -0.25) is 48.4 Å². The minimum atomic E-state index is -1.04. The van der Waals surface area contributed by atoms with E-state index in [-0.39, 0.29) is 78.9 Å². The van der Waals surface area contributed by atoms with Crippen LogP contribution in [0.15, 0.2) is 140 Å². The maximum absolute atomic E-state index is 13.1. The minimum absolute atomic E-state index is 0.0297. The van der Waals surface area contributed by atoms with Gasteiger partial charge in [0.25, 0.3) is 0 Å². The maximum atomic E-state index is 13.1. The van der Waals surface area contributed by atoms with E-state index in [1.807, 2.05) is 140 Å². The highest BCUT2D eigenvalue weighted by molar-refractivity contribution is 6.18. The van der Waals surface area contributed by atoms with Crippen molar-refractivity contribution in [1.82, 2.24) is 21.6 Å². The molecule has 5 aromatic carbocycles. The van der Waals surface area contributed by atoms with Crippen molar-refractivity contribution in [3.05, 3.63) is 178 Å². The minimum Gasteiger partial charge on any atom is -0.379 e. The molecular formula is C97H144Cl2N4O22. The van der Waals surface area contributed by atoms with Gasteiger partial charge in [0.1, 0.15) is 23.1 Å². The third kappa shape index (κ3) is 59.4. The van der Waals surface area contributed by atoms with Crippen LogP contribution in [0.3, 0.4) is 0 Å². The molecule has 0 atom stereocenters. The van der Waals surface area contributed by atoms with E-state index in [0.717, 1.165) is 154 Å². The smallest absolute Gasteiger partial charge is 0.243 e. The summed E-state index contributed by atoms with van der Waals surface area (Å²) in [6, 6.07) is 45.2. The van der Waals surface area contributed by atoms with Crippen LogP contribution in [0.5, 0.6) is 0 Å². The fourth-order valence-electron chi connectivity index (χ4n) is 12.9. The van der Waals surface area contributed by atoms with Crippen LogP contribution >= 0.6 is 23.2 Å². The van der Waals surface area contributed by atoms with E-state index in [1.165, 1.54) is 0 Å². The molecular weight excluding hydrogens is 1640 g/mol. The van der Waals surface area contributed by atoms with Gasteiger partial charge in [-0.1, -0.05) is 191 Å². The van der Waals surface area contributed by atoms with Gasteiger partial charge in [0.15, 0.2) is 5.60 Å². The number of carbonyl (C=O) groups excluding carboxylic acids is 8. The molecule has 0 saturated carbocycles. The summed E-state index contributed by atoms with van der Waals surface area (Å²) < 4.78 is 66.0. The second-order valence-electron chi connectivity index (χ2n) is 30.2. The van der Waals surface area contributed by atoms with Crippen LogP contribution in [0.2, 0.25) is 0 Å². The normalized spacial score (nSPS) is 11.3. The first-order valence-corrected chi connectivity index (χ1v) is 46.3. The Bertz CT molecular complexity index is 3420. The average Bonchev–Trinajstić information content (AvgIpc) is 0.757. The predicted octanol–water partition coefficient (Wildman–Crippen LogP) is 14.4. The number of ketones is 4. The third-order valence-electron chi connectivity index (χ3n) is 19.9. The van der Waals surface area contributed by atoms with Crippen molar-refractivity contribution in [3.63, 3.8) is 0 Å². The number of aryl methyl sites for hydroxylation is 2. The number of nitrogens with one attached hydrogen (secondary N) is 4. The number of rotatable bonds is 83. The van der Waals surface area contributed by atoms with E-state index in [0.29, 0.717) is 229 Å². The number of carbonyl (C=O) groups is 8. The zero-order valence-corrected chi connectivity index (χ0v) is 75.6. The first-order valence-electron chi connectivity index (χ1n) is 45.2. The lowest BCUT2D eigenvalue weighted by molar-refractivity contribution is -0.143. The topological polar surface area (TPSA) is 325 Å². The summed E-state index contributed by atoms with van der Waals surface area (Å²) in [5, 5.41) is 14.0. The number of halogens is 2. The molecule has 0 aliphatic carbocycles.